The maximum Gasteiger partial charge on any atom is 0.451 e. The van der Waals surface area contributed by atoms with E-state index >= 15 is 0 Å². The monoisotopic (exact) mass is 288 g/mol. The molecule has 0 fully saturated rings. The molecule has 0 aliphatic rings. The van der Waals surface area contributed by atoms with E-state index in [-0.39, 0.29) is 12.4 Å². The lowest BCUT2D eigenvalue weighted by molar-refractivity contribution is -0.145. The normalized spacial score (nSPS) is 11.4. The van der Waals surface area contributed by atoms with E-state index in [1.54, 1.807) is 0 Å². The number of aliphatic hydroxyl groups is 1. The molecule has 1 aromatic carbocycles. The smallest absolute Gasteiger partial charge is 0.436 e. The van der Waals surface area contributed by atoms with Gasteiger partial charge in [-0.2, -0.15) is 18.2 Å². The molecule has 0 amide bonds. The van der Waals surface area contributed by atoms with Crippen LogP contribution in [0.25, 0.3) is 0 Å². The summed E-state index contributed by atoms with van der Waals surface area (Å²) in [6.07, 6.45) is -3.84. The Morgan fingerprint density at radius 3 is 2.55 bits per heavy atom. The molecule has 0 aliphatic heterocycles. The molecular formula is C12H8F4N2O2. The van der Waals surface area contributed by atoms with Crippen molar-refractivity contribution >= 4 is 0 Å². The zero-order valence-corrected chi connectivity index (χ0v) is 9.86. The van der Waals surface area contributed by atoms with Crippen molar-refractivity contribution in [2.75, 3.05) is 0 Å². The lowest BCUT2D eigenvalue weighted by atomic mass is 10.2. The predicted molar refractivity (Wildman–Crippen MR) is 59.4 cm³/mol. The minimum atomic E-state index is -4.71. The van der Waals surface area contributed by atoms with Crippen molar-refractivity contribution in [3.8, 4) is 11.6 Å². The van der Waals surface area contributed by atoms with Gasteiger partial charge < -0.3 is 9.84 Å². The van der Waals surface area contributed by atoms with Crippen molar-refractivity contribution in [3.05, 3.63) is 47.7 Å². The Bertz CT molecular complexity index is 617. The van der Waals surface area contributed by atoms with E-state index in [4.69, 9.17) is 9.84 Å². The Kier molecular flexibility index (Phi) is 3.84. The second-order valence-electron chi connectivity index (χ2n) is 3.74. The van der Waals surface area contributed by atoms with Gasteiger partial charge in [0.25, 0.3) is 0 Å². The van der Waals surface area contributed by atoms with Crippen LogP contribution in [0.15, 0.2) is 30.5 Å². The fourth-order valence-corrected chi connectivity index (χ4v) is 1.37. The van der Waals surface area contributed by atoms with Gasteiger partial charge in [0.15, 0.2) is 11.6 Å². The van der Waals surface area contributed by atoms with Crippen molar-refractivity contribution in [1.29, 1.82) is 0 Å². The Morgan fingerprint density at radius 2 is 1.95 bits per heavy atom. The van der Waals surface area contributed by atoms with Gasteiger partial charge in [-0.05, 0) is 17.7 Å². The molecule has 2 aromatic rings. The van der Waals surface area contributed by atoms with Crippen LogP contribution in [-0.4, -0.2) is 15.1 Å². The molecule has 20 heavy (non-hydrogen) atoms. The molecule has 0 radical (unpaired) electrons. The molecule has 1 aromatic heterocycles. The Labute approximate surface area is 110 Å². The SMILES string of the molecule is OCc1ccc(Oc2ccnc(C(F)(F)F)n2)c(F)c1. The molecule has 1 heterocycles. The third-order valence-corrected chi connectivity index (χ3v) is 2.28. The fourth-order valence-electron chi connectivity index (χ4n) is 1.37. The van der Waals surface area contributed by atoms with Crippen molar-refractivity contribution in [2.24, 2.45) is 0 Å². The number of aliphatic hydroxyl groups excluding tert-OH is 1. The fraction of sp³-hybridized carbons (Fsp3) is 0.167. The van der Waals surface area contributed by atoms with Gasteiger partial charge in [-0.3, -0.25) is 0 Å². The van der Waals surface area contributed by atoms with Crippen LogP contribution in [0.5, 0.6) is 11.6 Å². The first kappa shape index (κ1) is 14.2. The van der Waals surface area contributed by atoms with E-state index in [1.165, 1.54) is 12.1 Å². The summed E-state index contributed by atoms with van der Waals surface area (Å²) in [6.45, 7) is -0.358. The van der Waals surface area contributed by atoms with E-state index in [9.17, 15) is 17.6 Å². The highest BCUT2D eigenvalue weighted by atomic mass is 19.4. The molecule has 0 saturated carbocycles. The number of halogens is 4. The quantitative estimate of drug-likeness (QED) is 0.882. The molecule has 0 spiro atoms. The van der Waals surface area contributed by atoms with Gasteiger partial charge >= 0.3 is 6.18 Å². The number of hydrogen-bond acceptors (Lipinski definition) is 4. The first-order chi connectivity index (χ1) is 9.40. The van der Waals surface area contributed by atoms with E-state index < -0.39 is 23.7 Å². The lowest BCUT2D eigenvalue weighted by Crippen LogP contribution is -2.11. The zero-order chi connectivity index (χ0) is 14.8. The van der Waals surface area contributed by atoms with E-state index in [0.717, 1.165) is 18.3 Å². The number of aromatic nitrogens is 2. The molecular weight excluding hydrogens is 280 g/mol. The Balaban J connectivity index is 2.26. The van der Waals surface area contributed by atoms with Gasteiger partial charge in [0.1, 0.15) is 0 Å². The molecule has 2 rings (SSSR count). The van der Waals surface area contributed by atoms with Gasteiger partial charge in [-0.1, -0.05) is 6.07 Å². The maximum absolute atomic E-state index is 13.6. The van der Waals surface area contributed by atoms with Crippen LogP contribution in [0.2, 0.25) is 0 Å². The van der Waals surface area contributed by atoms with Gasteiger partial charge in [-0.15, -0.1) is 0 Å². The molecule has 0 aliphatic carbocycles. The van der Waals surface area contributed by atoms with Crippen LogP contribution in [0.3, 0.4) is 0 Å². The van der Waals surface area contributed by atoms with Crippen LogP contribution in [0, 0.1) is 5.82 Å². The first-order valence-electron chi connectivity index (χ1n) is 5.37. The van der Waals surface area contributed by atoms with Gasteiger partial charge in [0.2, 0.25) is 11.7 Å². The summed E-state index contributed by atoms with van der Waals surface area (Å²) in [4.78, 5) is 6.21. The number of benzene rings is 1. The largest absolute Gasteiger partial charge is 0.451 e. The van der Waals surface area contributed by atoms with Gasteiger partial charge in [-0.25, -0.2) is 9.37 Å². The predicted octanol–water partition coefficient (Wildman–Crippen LogP) is 2.92. The van der Waals surface area contributed by atoms with Crippen molar-refractivity contribution in [2.45, 2.75) is 12.8 Å². The minimum Gasteiger partial charge on any atom is -0.436 e. The first-order valence-corrected chi connectivity index (χ1v) is 5.37. The van der Waals surface area contributed by atoms with Crippen molar-refractivity contribution < 1.29 is 27.4 Å². The summed E-state index contributed by atoms with van der Waals surface area (Å²) < 4.78 is 55.7. The van der Waals surface area contributed by atoms with Crippen LogP contribution >= 0.6 is 0 Å². The van der Waals surface area contributed by atoms with Gasteiger partial charge in [0, 0.05) is 12.3 Å². The molecule has 0 bridgehead atoms. The van der Waals surface area contributed by atoms with E-state index in [0.29, 0.717) is 5.56 Å². The second-order valence-corrected chi connectivity index (χ2v) is 3.74. The number of alkyl halides is 3. The molecule has 0 saturated heterocycles. The highest BCUT2D eigenvalue weighted by molar-refractivity contribution is 5.32. The van der Waals surface area contributed by atoms with Gasteiger partial charge in [0.05, 0.1) is 6.61 Å². The van der Waals surface area contributed by atoms with E-state index in [1.807, 2.05) is 0 Å². The summed E-state index contributed by atoms with van der Waals surface area (Å²) in [5.41, 5.74) is 0.313. The summed E-state index contributed by atoms with van der Waals surface area (Å²) in [6, 6.07) is 4.66. The third-order valence-electron chi connectivity index (χ3n) is 2.28. The average Bonchev–Trinajstić information content (AvgIpc) is 2.40. The number of ether oxygens (including phenoxy) is 1. The van der Waals surface area contributed by atoms with Crippen molar-refractivity contribution in [3.63, 3.8) is 0 Å². The number of nitrogens with zero attached hydrogens (tertiary/aromatic N) is 2. The van der Waals surface area contributed by atoms with Crippen LogP contribution in [0.1, 0.15) is 11.4 Å². The Hall–Kier alpha value is -2.22. The molecule has 0 unspecified atom stereocenters. The summed E-state index contributed by atoms with van der Waals surface area (Å²) in [7, 11) is 0. The maximum atomic E-state index is 13.6. The molecule has 106 valence electrons. The summed E-state index contributed by atoms with van der Waals surface area (Å²) >= 11 is 0. The van der Waals surface area contributed by atoms with Crippen LogP contribution in [0.4, 0.5) is 17.6 Å². The summed E-state index contributed by atoms with van der Waals surface area (Å²) in [5.74, 6) is -2.91. The molecule has 8 heteroatoms. The standard InChI is InChI=1S/C12H8F4N2O2/c13-8-5-7(6-19)1-2-9(8)20-10-3-4-17-11(18-10)12(14,15)16/h1-5,19H,6H2. The highest BCUT2D eigenvalue weighted by Gasteiger charge is 2.34. The zero-order valence-electron chi connectivity index (χ0n) is 9.86. The van der Waals surface area contributed by atoms with Crippen LogP contribution in [-0.2, 0) is 12.8 Å². The lowest BCUT2D eigenvalue weighted by Gasteiger charge is -2.09. The second kappa shape index (κ2) is 5.41. The topological polar surface area (TPSA) is 55.2 Å². The van der Waals surface area contributed by atoms with Crippen molar-refractivity contribution in [1.82, 2.24) is 9.97 Å². The minimum absolute atomic E-state index is 0.297. The average molecular weight is 288 g/mol. The highest BCUT2D eigenvalue weighted by Crippen LogP contribution is 2.29. The third kappa shape index (κ3) is 3.21. The molecule has 0 atom stereocenters. The number of rotatable bonds is 3. The number of hydrogen-bond donors (Lipinski definition) is 1. The molecule has 1 N–H and O–H groups in total. The van der Waals surface area contributed by atoms with Crippen LogP contribution < -0.4 is 4.74 Å². The Morgan fingerprint density at radius 1 is 1.20 bits per heavy atom. The molecule has 4 nitrogen and oxygen atoms in total. The van der Waals surface area contributed by atoms with E-state index in [2.05, 4.69) is 9.97 Å². The summed E-state index contributed by atoms with van der Waals surface area (Å²) in [5, 5.41) is 8.82.